The third-order valence-corrected chi connectivity index (χ3v) is 2.94. The van der Waals surface area contributed by atoms with Crippen LogP contribution in [0.25, 0.3) is 0 Å². The van der Waals surface area contributed by atoms with Gasteiger partial charge in [0.2, 0.25) is 5.91 Å². The fraction of sp³-hybridized carbons (Fsp3) is 0.133. The van der Waals surface area contributed by atoms with E-state index in [0.29, 0.717) is 12.1 Å². The van der Waals surface area contributed by atoms with Crippen molar-refractivity contribution in [3.8, 4) is 0 Å². The number of anilines is 1. The fourth-order valence-corrected chi connectivity index (χ4v) is 1.80. The van der Waals surface area contributed by atoms with E-state index >= 15 is 0 Å². The molecular weight excluding hydrogens is 306 g/mol. The average Bonchev–Trinajstić information content (AvgIpc) is 2.48. The SMILES string of the molecule is Cl.N[C@@H](Cc1ccncc1)C(=O)Nc1ccc(C(=O)O)cc1. The minimum absolute atomic E-state index is 0. The van der Waals surface area contributed by atoms with Gasteiger partial charge in [-0.15, -0.1) is 12.4 Å². The van der Waals surface area contributed by atoms with Gasteiger partial charge >= 0.3 is 5.97 Å². The van der Waals surface area contributed by atoms with Crippen LogP contribution in [-0.2, 0) is 11.2 Å². The number of aromatic nitrogens is 1. The first-order valence-electron chi connectivity index (χ1n) is 6.35. The molecule has 1 aromatic carbocycles. The molecule has 0 saturated carbocycles. The number of carbonyl (C=O) groups excluding carboxylic acids is 1. The van der Waals surface area contributed by atoms with Gasteiger partial charge in [0.25, 0.3) is 0 Å². The van der Waals surface area contributed by atoms with E-state index in [0.717, 1.165) is 5.56 Å². The second-order valence-electron chi connectivity index (χ2n) is 4.54. The summed E-state index contributed by atoms with van der Waals surface area (Å²) in [6.07, 6.45) is 3.69. The number of amides is 1. The summed E-state index contributed by atoms with van der Waals surface area (Å²) in [7, 11) is 0. The third kappa shape index (κ3) is 4.83. The predicted molar refractivity (Wildman–Crippen MR) is 85.2 cm³/mol. The van der Waals surface area contributed by atoms with E-state index in [1.807, 2.05) is 0 Å². The second-order valence-corrected chi connectivity index (χ2v) is 4.54. The van der Waals surface area contributed by atoms with Crippen LogP contribution in [0.5, 0.6) is 0 Å². The number of halogens is 1. The Morgan fingerprint density at radius 1 is 1.14 bits per heavy atom. The topological polar surface area (TPSA) is 105 Å². The van der Waals surface area contributed by atoms with Crippen LogP contribution in [0.4, 0.5) is 5.69 Å². The maximum Gasteiger partial charge on any atom is 0.335 e. The minimum Gasteiger partial charge on any atom is -0.478 e. The summed E-state index contributed by atoms with van der Waals surface area (Å²) in [4.78, 5) is 26.6. The first-order chi connectivity index (χ1) is 10.1. The number of carbonyl (C=O) groups is 2. The maximum absolute atomic E-state index is 12.0. The Kier molecular flexibility index (Phi) is 6.49. The number of benzene rings is 1. The number of nitrogens with zero attached hydrogens (tertiary/aromatic N) is 1. The van der Waals surface area contributed by atoms with Crippen LogP contribution in [0.15, 0.2) is 48.8 Å². The highest BCUT2D eigenvalue weighted by atomic mass is 35.5. The zero-order valence-electron chi connectivity index (χ0n) is 11.6. The van der Waals surface area contributed by atoms with Gasteiger partial charge in [-0.3, -0.25) is 9.78 Å². The first-order valence-corrected chi connectivity index (χ1v) is 6.35. The minimum atomic E-state index is -1.01. The van der Waals surface area contributed by atoms with Crippen molar-refractivity contribution in [2.24, 2.45) is 5.73 Å². The van der Waals surface area contributed by atoms with E-state index in [1.54, 1.807) is 24.5 Å². The van der Waals surface area contributed by atoms with E-state index < -0.39 is 12.0 Å². The van der Waals surface area contributed by atoms with Gasteiger partial charge in [-0.25, -0.2) is 4.79 Å². The van der Waals surface area contributed by atoms with E-state index in [9.17, 15) is 9.59 Å². The molecular formula is C15H16ClN3O3. The number of hydrogen-bond donors (Lipinski definition) is 3. The lowest BCUT2D eigenvalue weighted by Crippen LogP contribution is -2.37. The summed E-state index contributed by atoms with van der Waals surface area (Å²) in [6.45, 7) is 0. The Bertz CT molecular complexity index is 632. The van der Waals surface area contributed by atoms with Gasteiger partial charge in [0.1, 0.15) is 0 Å². The molecule has 1 amide bonds. The van der Waals surface area contributed by atoms with Crippen LogP contribution in [0.1, 0.15) is 15.9 Å². The molecule has 0 fully saturated rings. The Balaban J connectivity index is 0.00000242. The molecule has 0 aliphatic carbocycles. The Morgan fingerprint density at radius 2 is 1.73 bits per heavy atom. The van der Waals surface area contributed by atoms with Crippen LogP contribution in [0.3, 0.4) is 0 Å². The molecule has 22 heavy (non-hydrogen) atoms. The molecule has 2 aromatic rings. The highest BCUT2D eigenvalue weighted by Crippen LogP contribution is 2.10. The summed E-state index contributed by atoms with van der Waals surface area (Å²) < 4.78 is 0. The number of nitrogens with two attached hydrogens (primary N) is 1. The Labute approximate surface area is 133 Å². The molecule has 1 aromatic heterocycles. The molecule has 6 nitrogen and oxygen atoms in total. The summed E-state index contributed by atoms with van der Waals surface area (Å²) >= 11 is 0. The Hall–Kier alpha value is -2.44. The van der Waals surface area contributed by atoms with Gasteiger partial charge in [0.05, 0.1) is 11.6 Å². The van der Waals surface area contributed by atoms with E-state index in [-0.39, 0.29) is 23.9 Å². The predicted octanol–water partition coefficient (Wildman–Crippen LogP) is 1.71. The van der Waals surface area contributed by atoms with Crippen LogP contribution in [-0.4, -0.2) is 28.0 Å². The molecule has 1 heterocycles. The number of aromatic carboxylic acids is 1. The van der Waals surface area contributed by atoms with Crippen LogP contribution in [0.2, 0.25) is 0 Å². The zero-order valence-corrected chi connectivity index (χ0v) is 12.4. The fourth-order valence-electron chi connectivity index (χ4n) is 1.80. The van der Waals surface area contributed by atoms with Crippen molar-refractivity contribution in [1.82, 2.24) is 4.98 Å². The monoisotopic (exact) mass is 321 g/mol. The van der Waals surface area contributed by atoms with E-state index in [4.69, 9.17) is 10.8 Å². The lowest BCUT2D eigenvalue weighted by atomic mass is 10.1. The van der Waals surface area contributed by atoms with Crippen molar-refractivity contribution in [2.75, 3.05) is 5.32 Å². The van der Waals surface area contributed by atoms with Gasteiger partial charge in [0.15, 0.2) is 0 Å². The van der Waals surface area contributed by atoms with Crippen molar-refractivity contribution < 1.29 is 14.7 Å². The van der Waals surface area contributed by atoms with E-state index in [2.05, 4.69) is 10.3 Å². The quantitative estimate of drug-likeness (QED) is 0.777. The van der Waals surface area contributed by atoms with Gasteiger partial charge in [-0.2, -0.15) is 0 Å². The normalized spacial score (nSPS) is 11.1. The number of pyridine rings is 1. The van der Waals surface area contributed by atoms with Crippen molar-refractivity contribution >= 4 is 30.0 Å². The van der Waals surface area contributed by atoms with E-state index in [1.165, 1.54) is 24.3 Å². The molecule has 116 valence electrons. The third-order valence-electron chi connectivity index (χ3n) is 2.94. The standard InChI is InChI=1S/C15H15N3O3.ClH/c16-13(9-10-5-7-17-8-6-10)14(19)18-12-3-1-11(2-4-12)15(20)21;/h1-8,13H,9,16H2,(H,18,19)(H,20,21);1H/t13-;/m0./s1. The highest BCUT2D eigenvalue weighted by molar-refractivity contribution is 5.95. The number of carboxylic acids is 1. The first kappa shape index (κ1) is 17.6. The molecule has 0 saturated heterocycles. The summed E-state index contributed by atoms with van der Waals surface area (Å²) in [5, 5.41) is 11.5. The molecule has 1 atom stereocenters. The number of hydrogen-bond acceptors (Lipinski definition) is 4. The van der Waals surface area contributed by atoms with Crippen molar-refractivity contribution in [3.05, 3.63) is 59.9 Å². The molecule has 7 heteroatoms. The lowest BCUT2D eigenvalue weighted by molar-refractivity contribution is -0.117. The zero-order chi connectivity index (χ0) is 15.2. The summed E-state index contributed by atoms with van der Waals surface area (Å²) in [6, 6.07) is 8.81. The van der Waals surface area contributed by atoms with Crippen LogP contribution < -0.4 is 11.1 Å². The maximum atomic E-state index is 12.0. The number of nitrogens with one attached hydrogen (secondary N) is 1. The molecule has 0 spiro atoms. The number of carboxylic acid groups (broad SMARTS) is 1. The van der Waals surface area contributed by atoms with Crippen molar-refractivity contribution in [1.29, 1.82) is 0 Å². The van der Waals surface area contributed by atoms with Gasteiger partial charge in [0, 0.05) is 18.1 Å². The smallest absolute Gasteiger partial charge is 0.335 e. The molecule has 0 unspecified atom stereocenters. The average molecular weight is 322 g/mol. The molecule has 0 aliphatic rings. The van der Waals surface area contributed by atoms with Crippen LogP contribution >= 0.6 is 12.4 Å². The number of rotatable bonds is 5. The highest BCUT2D eigenvalue weighted by Gasteiger charge is 2.14. The molecule has 4 N–H and O–H groups in total. The van der Waals surface area contributed by atoms with Gasteiger partial charge in [-0.1, -0.05) is 0 Å². The largest absolute Gasteiger partial charge is 0.478 e. The summed E-state index contributed by atoms with van der Waals surface area (Å²) in [5.41, 5.74) is 7.44. The Morgan fingerprint density at radius 3 is 2.27 bits per heavy atom. The van der Waals surface area contributed by atoms with Crippen molar-refractivity contribution in [3.63, 3.8) is 0 Å². The molecule has 2 rings (SSSR count). The van der Waals surface area contributed by atoms with Crippen molar-refractivity contribution in [2.45, 2.75) is 12.5 Å². The molecule has 0 bridgehead atoms. The van der Waals surface area contributed by atoms with Gasteiger partial charge in [-0.05, 0) is 48.4 Å². The molecule has 0 radical (unpaired) electrons. The lowest BCUT2D eigenvalue weighted by Gasteiger charge is -2.12. The summed E-state index contributed by atoms with van der Waals surface area (Å²) in [5.74, 6) is -1.34. The molecule has 0 aliphatic heterocycles. The van der Waals surface area contributed by atoms with Gasteiger partial charge < -0.3 is 16.2 Å². The second kappa shape index (κ2) is 8.11. The van der Waals surface area contributed by atoms with Crippen LogP contribution in [0, 0.1) is 0 Å².